The largest absolute Gasteiger partial charge is 0.335 e. The summed E-state index contributed by atoms with van der Waals surface area (Å²) in [6.07, 6.45) is 5.15. The van der Waals surface area contributed by atoms with Gasteiger partial charge < -0.3 is 4.57 Å². The fraction of sp³-hybridized carbons (Fsp3) is 0.158. The number of anilines is 1. The molecule has 3 heterocycles. The third-order valence-corrected chi connectivity index (χ3v) is 5.65. The molecule has 0 amide bonds. The van der Waals surface area contributed by atoms with Crippen molar-refractivity contribution in [2.75, 3.05) is 4.72 Å². The number of sulfonamides is 1. The van der Waals surface area contributed by atoms with Gasteiger partial charge in [0.25, 0.3) is 10.0 Å². The van der Waals surface area contributed by atoms with E-state index in [9.17, 15) is 8.42 Å². The topological polar surface area (TPSA) is 81.8 Å². The summed E-state index contributed by atoms with van der Waals surface area (Å²) in [6.45, 7) is 2.03. The molecule has 7 nitrogen and oxygen atoms in total. The standard InChI is InChI=1S/C19H19N5O2S/c1-13-5-4-6-14(11-13)15-12-23(2)19-18(15)16(7-9-20-19)22-27(25,26)17-8-10-24(3)21-17/h4-12H,1-3H3,(H,20,22). The van der Waals surface area contributed by atoms with Crippen molar-refractivity contribution in [1.82, 2.24) is 19.3 Å². The van der Waals surface area contributed by atoms with Crippen molar-refractivity contribution in [3.05, 3.63) is 60.6 Å². The number of nitrogens with one attached hydrogen (secondary N) is 1. The Bertz CT molecular complexity index is 1250. The zero-order chi connectivity index (χ0) is 19.2. The fourth-order valence-corrected chi connectivity index (χ4v) is 4.19. The van der Waals surface area contributed by atoms with Crippen LogP contribution in [0.3, 0.4) is 0 Å². The lowest BCUT2D eigenvalue weighted by atomic mass is 10.0. The second-order valence-electron chi connectivity index (χ2n) is 6.51. The lowest BCUT2D eigenvalue weighted by Crippen LogP contribution is -2.14. The molecule has 0 saturated carbocycles. The van der Waals surface area contributed by atoms with Crippen LogP contribution in [0.5, 0.6) is 0 Å². The predicted octanol–water partition coefficient (Wildman–Crippen LogP) is 3.08. The van der Waals surface area contributed by atoms with Gasteiger partial charge in [-0.05, 0) is 24.6 Å². The molecule has 0 aliphatic heterocycles. The average Bonchev–Trinajstić information content (AvgIpc) is 3.20. The highest BCUT2D eigenvalue weighted by Crippen LogP contribution is 2.35. The van der Waals surface area contributed by atoms with Gasteiger partial charge in [-0.1, -0.05) is 29.8 Å². The Morgan fingerprint density at radius 1 is 1.11 bits per heavy atom. The number of benzene rings is 1. The van der Waals surface area contributed by atoms with Crippen molar-refractivity contribution in [2.45, 2.75) is 11.9 Å². The Morgan fingerprint density at radius 2 is 1.93 bits per heavy atom. The molecule has 0 atom stereocenters. The number of aryl methyl sites for hydroxylation is 3. The van der Waals surface area contributed by atoms with Crippen molar-refractivity contribution in [2.24, 2.45) is 14.1 Å². The van der Waals surface area contributed by atoms with E-state index >= 15 is 0 Å². The third-order valence-electron chi connectivity index (χ3n) is 4.40. The van der Waals surface area contributed by atoms with E-state index in [1.54, 1.807) is 25.5 Å². The summed E-state index contributed by atoms with van der Waals surface area (Å²) in [6, 6.07) is 11.2. The number of rotatable bonds is 4. The molecule has 3 aromatic heterocycles. The van der Waals surface area contributed by atoms with E-state index in [1.807, 2.05) is 42.9 Å². The van der Waals surface area contributed by atoms with E-state index in [4.69, 9.17) is 0 Å². The van der Waals surface area contributed by atoms with Crippen molar-refractivity contribution in [3.8, 4) is 11.1 Å². The molecule has 0 radical (unpaired) electrons. The summed E-state index contributed by atoms with van der Waals surface area (Å²) in [7, 11) is -0.229. The molecule has 0 fully saturated rings. The number of pyridine rings is 1. The van der Waals surface area contributed by atoms with E-state index in [1.165, 1.54) is 10.7 Å². The molecule has 1 aromatic carbocycles. The van der Waals surface area contributed by atoms with E-state index < -0.39 is 10.0 Å². The van der Waals surface area contributed by atoms with E-state index in [-0.39, 0.29) is 5.03 Å². The first-order valence-electron chi connectivity index (χ1n) is 8.39. The number of aromatic nitrogens is 4. The van der Waals surface area contributed by atoms with Gasteiger partial charge in [0.15, 0.2) is 5.03 Å². The number of fused-ring (bicyclic) bond motifs is 1. The SMILES string of the molecule is Cc1cccc(-c2cn(C)c3nccc(NS(=O)(=O)c4ccn(C)n4)c23)c1. The minimum Gasteiger partial charge on any atom is -0.335 e. The molecule has 8 heteroatoms. The van der Waals surface area contributed by atoms with Gasteiger partial charge in [0.1, 0.15) is 5.65 Å². The molecule has 0 aliphatic carbocycles. The highest BCUT2D eigenvalue weighted by Gasteiger charge is 2.21. The van der Waals surface area contributed by atoms with Crippen LogP contribution in [0, 0.1) is 6.92 Å². The Labute approximate surface area is 157 Å². The first-order chi connectivity index (χ1) is 12.8. The Hall–Kier alpha value is -3.13. The maximum atomic E-state index is 12.8. The van der Waals surface area contributed by atoms with Gasteiger partial charge in [0, 0.05) is 38.2 Å². The quantitative estimate of drug-likeness (QED) is 0.589. The van der Waals surface area contributed by atoms with Crippen LogP contribution < -0.4 is 4.72 Å². The lowest BCUT2D eigenvalue weighted by Gasteiger charge is -2.09. The molecule has 0 saturated heterocycles. The van der Waals surface area contributed by atoms with Crippen LogP contribution in [0.25, 0.3) is 22.2 Å². The van der Waals surface area contributed by atoms with Crippen LogP contribution in [0.2, 0.25) is 0 Å². The third kappa shape index (κ3) is 3.08. The van der Waals surface area contributed by atoms with Gasteiger partial charge in [-0.3, -0.25) is 9.40 Å². The maximum absolute atomic E-state index is 12.8. The van der Waals surface area contributed by atoms with Crippen molar-refractivity contribution in [3.63, 3.8) is 0 Å². The summed E-state index contributed by atoms with van der Waals surface area (Å²) in [5.74, 6) is 0. The van der Waals surface area contributed by atoms with Crippen LogP contribution in [0.4, 0.5) is 5.69 Å². The predicted molar refractivity (Wildman–Crippen MR) is 105 cm³/mol. The highest BCUT2D eigenvalue weighted by molar-refractivity contribution is 7.92. The molecular formula is C19H19N5O2S. The molecule has 0 bridgehead atoms. The van der Waals surface area contributed by atoms with Crippen molar-refractivity contribution in [1.29, 1.82) is 0 Å². The molecule has 138 valence electrons. The molecule has 1 N–H and O–H groups in total. The number of hydrogen-bond donors (Lipinski definition) is 1. The van der Waals surface area contributed by atoms with Crippen molar-refractivity contribution >= 4 is 26.7 Å². The van der Waals surface area contributed by atoms with Gasteiger partial charge in [-0.15, -0.1) is 0 Å². The van der Waals surface area contributed by atoms with E-state index in [2.05, 4.69) is 20.9 Å². The lowest BCUT2D eigenvalue weighted by molar-refractivity contribution is 0.593. The van der Waals surface area contributed by atoms with Crippen LogP contribution in [-0.2, 0) is 24.1 Å². The molecule has 0 spiro atoms. The summed E-state index contributed by atoms with van der Waals surface area (Å²) in [4.78, 5) is 4.43. The molecule has 27 heavy (non-hydrogen) atoms. The van der Waals surface area contributed by atoms with Crippen LogP contribution in [-0.4, -0.2) is 27.7 Å². The second kappa shape index (κ2) is 6.24. The fourth-order valence-electron chi connectivity index (χ4n) is 3.15. The Morgan fingerprint density at radius 3 is 2.63 bits per heavy atom. The molecule has 0 aliphatic rings. The first-order valence-corrected chi connectivity index (χ1v) is 9.87. The molecular weight excluding hydrogens is 362 g/mol. The van der Waals surface area contributed by atoms with Gasteiger partial charge >= 0.3 is 0 Å². The maximum Gasteiger partial charge on any atom is 0.281 e. The minimum absolute atomic E-state index is 0.0250. The second-order valence-corrected chi connectivity index (χ2v) is 8.14. The van der Waals surface area contributed by atoms with E-state index in [0.29, 0.717) is 11.3 Å². The smallest absolute Gasteiger partial charge is 0.281 e. The van der Waals surface area contributed by atoms with Gasteiger partial charge in [0.2, 0.25) is 0 Å². The minimum atomic E-state index is -3.80. The van der Waals surface area contributed by atoms with Crippen LogP contribution in [0.1, 0.15) is 5.56 Å². The Kier molecular flexibility index (Phi) is 4.00. The number of nitrogens with zero attached hydrogens (tertiary/aromatic N) is 4. The Balaban J connectivity index is 1.89. The van der Waals surface area contributed by atoms with Crippen LogP contribution >= 0.6 is 0 Å². The highest BCUT2D eigenvalue weighted by atomic mass is 32.2. The molecule has 0 unspecified atom stereocenters. The summed E-state index contributed by atoms with van der Waals surface area (Å²) in [5, 5.41) is 4.73. The zero-order valence-electron chi connectivity index (χ0n) is 15.2. The van der Waals surface area contributed by atoms with Gasteiger partial charge in [0.05, 0.1) is 11.1 Å². The summed E-state index contributed by atoms with van der Waals surface area (Å²) >= 11 is 0. The normalized spacial score (nSPS) is 11.8. The summed E-state index contributed by atoms with van der Waals surface area (Å²) < 4.78 is 31.5. The van der Waals surface area contributed by atoms with Gasteiger partial charge in [-0.25, -0.2) is 4.98 Å². The number of hydrogen-bond acceptors (Lipinski definition) is 4. The van der Waals surface area contributed by atoms with Gasteiger partial charge in [-0.2, -0.15) is 13.5 Å². The summed E-state index contributed by atoms with van der Waals surface area (Å²) in [5.41, 5.74) is 4.23. The molecule has 4 rings (SSSR count). The van der Waals surface area contributed by atoms with Crippen molar-refractivity contribution < 1.29 is 8.42 Å². The average molecular weight is 381 g/mol. The first kappa shape index (κ1) is 17.3. The monoisotopic (exact) mass is 381 g/mol. The van der Waals surface area contributed by atoms with E-state index in [0.717, 1.165) is 22.1 Å². The zero-order valence-corrected chi connectivity index (χ0v) is 16.0. The van der Waals surface area contributed by atoms with Crippen LogP contribution in [0.15, 0.2) is 60.0 Å². The molecule has 4 aromatic rings.